The van der Waals surface area contributed by atoms with Crippen molar-refractivity contribution in [3.05, 3.63) is 12.0 Å². The maximum atomic E-state index is 11.9. The summed E-state index contributed by atoms with van der Waals surface area (Å²) in [7, 11) is 1.59. The van der Waals surface area contributed by atoms with Crippen LogP contribution in [-0.2, 0) is 0 Å². The normalized spacial score (nSPS) is 14.8. The summed E-state index contributed by atoms with van der Waals surface area (Å²) in [5.74, 6) is -1.77. The van der Waals surface area contributed by atoms with Gasteiger partial charge in [0.2, 0.25) is 0 Å². The monoisotopic (exact) mass is 197 g/mol. The topological polar surface area (TPSA) is 23.1 Å². The molecule has 0 radical (unpaired) electrons. The number of allylic oxidation sites excluding steroid dienone is 1. The van der Waals surface area contributed by atoms with Crippen LogP contribution in [0.4, 0.5) is 13.2 Å². The Morgan fingerprint density at radius 2 is 1.69 bits per heavy atom. The minimum atomic E-state index is -4.75. The van der Waals surface area contributed by atoms with Crippen molar-refractivity contribution in [2.45, 2.75) is 20.0 Å². The van der Waals surface area contributed by atoms with Crippen LogP contribution in [-0.4, -0.2) is 30.8 Å². The summed E-state index contributed by atoms with van der Waals surface area (Å²) in [6, 6.07) is 0. The van der Waals surface area contributed by atoms with Crippen LogP contribution in [0.25, 0.3) is 0 Å². The molecule has 5 heteroatoms. The van der Waals surface area contributed by atoms with Crippen LogP contribution in [0.5, 0.6) is 0 Å². The average Bonchev–Trinajstić information content (AvgIpc) is 2.02. The Morgan fingerprint density at radius 1 is 1.31 bits per heavy atom. The molecule has 0 aliphatic carbocycles. The Labute approximate surface area is 75.9 Å². The highest BCUT2D eigenvalue weighted by Gasteiger charge is 2.29. The van der Waals surface area contributed by atoms with E-state index in [-0.39, 0.29) is 4.48 Å². The molecule has 0 amide bonds. The number of hydrogen-bond acceptors (Lipinski definition) is 1. The Kier molecular flexibility index (Phi) is 3.78. The lowest BCUT2D eigenvalue weighted by Gasteiger charge is -2.30. The summed E-state index contributed by atoms with van der Waals surface area (Å²) in [6.45, 7) is 4.42. The minimum Gasteiger partial charge on any atom is -0.866 e. The van der Waals surface area contributed by atoms with Gasteiger partial charge in [-0.15, -0.1) is 0 Å². The Balaban J connectivity index is 4.72. The van der Waals surface area contributed by atoms with Crippen molar-refractivity contribution in [2.24, 2.45) is 0 Å². The molecule has 0 fully saturated rings. The van der Waals surface area contributed by atoms with Crippen molar-refractivity contribution < 1.29 is 22.8 Å². The number of alkyl halides is 3. The molecule has 2 nitrogen and oxygen atoms in total. The van der Waals surface area contributed by atoms with Crippen LogP contribution >= 0.6 is 0 Å². The van der Waals surface area contributed by atoms with Crippen molar-refractivity contribution in [1.29, 1.82) is 0 Å². The van der Waals surface area contributed by atoms with Crippen LogP contribution in [0.3, 0.4) is 0 Å². The fourth-order valence-electron chi connectivity index (χ4n) is 0.762. The molecule has 0 aromatic rings. The molecule has 0 aromatic heterocycles. The molecule has 0 saturated heterocycles. The zero-order valence-corrected chi connectivity index (χ0v) is 7.98. The highest BCUT2D eigenvalue weighted by Crippen LogP contribution is 2.22. The summed E-state index contributed by atoms with van der Waals surface area (Å²) < 4.78 is 35.6. The van der Waals surface area contributed by atoms with Crippen molar-refractivity contribution in [3.8, 4) is 0 Å². The second-order valence-electron chi connectivity index (χ2n) is 3.10. The minimum absolute atomic E-state index is 0.0122. The van der Waals surface area contributed by atoms with Gasteiger partial charge in [-0.2, -0.15) is 13.2 Å². The molecular weight excluding hydrogens is 183 g/mol. The fourth-order valence-corrected chi connectivity index (χ4v) is 0.762. The molecule has 0 heterocycles. The lowest BCUT2D eigenvalue weighted by Crippen LogP contribution is -2.40. The SMILES string of the molecule is CC[N+](C)(/C=C(\[O-])C(F)(F)F)CC. The third kappa shape index (κ3) is 3.67. The molecule has 0 atom stereocenters. The van der Waals surface area contributed by atoms with Gasteiger partial charge in [-0.25, -0.2) is 0 Å². The maximum Gasteiger partial charge on any atom is 0.407 e. The Bertz CT molecular complexity index is 194. The summed E-state index contributed by atoms with van der Waals surface area (Å²) in [4.78, 5) is 0. The van der Waals surface area contributed by atoms with Crippen LogP contribution in [0.1, 0.15) is 13.8 Å². The van der Waals surface area contributed by atoms with E-state index in [1.54, 1.807) is 20.9 Å². The highest BCUT2D eigenvalue weighted by molar-refractivity contribution is 4.91. The Morgan fingerprint density at radius 3 is 1.92 bits per heavy atom. The number of hydrogen-bond donors (Lipinski definition) is 0. The van der Waals surface area contributed by atoms with E-state index < -0.39 is 11.9 Å². The molecule has 0 N–H and O–H groups in total. The predicted molar refractivity (Wildman–Crippen MR) is 41.4 cm³/mol. The molecule has 78 valence electrons. The molecule has 0 saturated carbocycles. The van der Waals surface area contributed by atoms with Gasteiger partial charge in [0.05, 0.1) is 26.3 Å². The van der Waals surface area contributed by atoms with Crippen molar-refractivity contribution in [3.63, 3.8) is 0 Å². The van der Waals surface area contributed by atoms with Gasteiger partial charge in [-0.3, -0.25) is 0 Å². The van der Waals surface area contributed by atoms with Crippen molar-refractivity contribution >= 4 is 0 Å². The smallest absolute Gasteiger partial charge is 0.407 e. The van der Waals surface area contributed by atoms with Gasteiger partial charge < -0.3 is 9.59 Å². The van der Waals surface area contributed by atoms with Gasteiger partial charge in [0, 0.05) is 5.76 Å². The van der Waals surface area contributed by atoms with Gasteiger partial charge in [0.1, 0.15) is 0 Å². The zero-order valence-electron chi connectivity index (χ0n) is 7.98. The lowest BCUT2D eigenvalue weighted by atomic mass is 10.4. The third-order valence-electron chi connectivity index (χ3n) is 2.15. The van der Waals surface area contributed by atoms with E-state index in [1.807, 2.05) is 0 Å². The standard InChI is InChI=1S/C8H14F3NO/c1-4-12(3,5-2)6-7(13)8(9,10)11/h6H,4-5H2,1-3H3/b7-6-. The molecule has 0 spiro atoms. The van der Waals surface area contributed by atoms with Crippen LogP contribution in [0.2, 0.25) is 0 Å². The van der Waals surface area contributed by atoms with Gasteiger partial charge in [-0.1, -0.05) is 0 Å². The average molecular weight is 197 g/mol. The second-order valence-corrected chi connectivity index (χ2v) is 3.10. The van der Waals surface area contributed by atoms with E-state index in [0.717, 1.165) is 6.20 Å². The van der Waals surface area contributed by atoms with Gasteiger partial charge in [-0.05, 0) is 13.8 Å². The first-order valence-corrected chi connectivity index (χ1v) is 4.06. The number of nitrogens with zero attached hydrogens (tertiary/aromatic N) is 1. The second kappa shape index (κ2) is 4.00. The Hall–Kier alpha value is -0.710. The molecule has 0 aliphatic rings. The largest absolute Gasteiger partial charge is 0.866 e. The number of rotatable bonds is 3. The molecule has 0 aromatic carbocycles. The van der Waals surface area contributed by atoms with Gasteiger partial charge in [0.25, 0.3) is 0 Å². The zero-order chi connectivity index (χ0) is 10.7. The van der Waals surface area contributed by atoms with Crippen molar-refractivity contribution in [2.75, 3.05) is 20.1 Å². The van der Waals surface area contributed by atoms with E-state index in [2.05, 4.69) is 0 Å². The molecular formula is C8H14F3NO. The molecule has 0 unspecified atom stereocenters. The summed E-state index contributed by atoms with van der Waals surface area (Å²) in [6.07, 6.45) is -4.02. The quantitative estimate of drug-likeness (QED) is 0.493. The van der Waals surface area contributed by atoms with E-state index in [4.69, 9.17) is 0 Å². The highest BCUT2D eigenvalue weighted by atomic mass is 19.4. The van der Waals surface area contributed by atoms with E-state index in [9.17, 15) is 18.3 Å². The van der Waals surface area contributed by atoms with E-state index >= 15 is 0 Å². The summed E-state index contributed by atoms with van der Waals surface area (Å²) in [5.41, 5.74) is 0. The molecule has 0 bridgehead atoms. The summed E-state index contributed by atoms with van der Waals surface area (Å²) >= 11 is 0. The lowest BCUT2D eigenvalue weighted by molar-refractivity contribution is -0.858. The van der Waals surface area contributed by atoms with E-state index in [0.29, 0.717) is 13.1 Å². The van der Waals surface area contributed by atoms with Gasteiger partial charge in [0.15, 0.2) is 0 Å². The number of halogens is 3. The van der Waals surface area contributed by atoms with Crippen LogP contribution in [0, 0.1) is 0 Å². The summed E-state index contributed by atoms with van der Waals surface area (Å²) in [5, 5.41) is 10.6. The molecule has 0 aliphatic heterocycles. The number of quaternary nitrogens is 1. The van der Waals surface area contributed by atoms with Crippen molar-refractivity contribution in [1.82, 2.24) is 0 Å². The molecule has 13 heavy (non-hydrogen) atoms. The van der Waals surface area contributed by atoms with E-state index in [1.165, 1.54) is 0 Å². The van der Waals surface area contributed by atoms with Crippen LogP contribution in [0.15, 0.2) is 12.0 Å². The first-order valence-electron chi connectivity index (χ1n) is 4.06. The fraction of sp³-hybridized carbons (Fsp3) is 0.750. The maximum absolute atomic E-state index is 11.9. The van der Waals surface area contributed by atoms with Gasteiger partial charge >= 0.3 is 6.18 Å². The van der Waals surface area contributed by atoms with Crippen LogP contribution < -0.4 is 5.11 Å². The third-order valence-corrected chi connectivity index (χ3v) is 2.15. The molecule has 0 rings (SSSR count). The first kappa shape index (κ1) is 12.3. The predicted octanol–water partition coefficient (Wildman–Crippen LogP) is 1.24. The first-order chi connectivity index (χ1) is 5.75.